The Kier molecular flexibility index (Phi) is 4.49. The van der Waals surface area contributed by atoms with Crippen LogP contribution < -0.4 is 4.90 Å². The normalized spacial score (nSPS) is 21.2. The molecule has 0 aromatic carbocycles. The molecule has 1 unspecified atom stereocenters. The van der Waals surface area contributed by atoms with Crippen molar-refractivity contribution in [1.29, 1.82) is 0 Å². The highest BCUT2D eigenvalue weighted by Crippen LogP contribution is 2.34. The summed E-state index contributed by atoms with van der Waals surface area (Å²) in [5.74, 6) is 0.898. The first-order valence-corrected chi connectivity index (χ1v) is 8.22. The molecule has 4 nitrogen and oxygen atoms in total. The number of halogens is 3. The van der Waals surface area contributed by atoms with Crippen LogP contribution in [-0.2, 0) is 12.8 Å². The molecular weight excluding hydrogens is 307 g/mol. The Morgan fingerprint density at radius 2 is 1.78 bits per heavy atom. The number of aliphatic hydroxyl groups is 1. The fourth-order valence-electron chi connectivity index (χ4n) is 3.65. The third-order valence-corrected chi connectivity index (χ3v) is 4.89. The topological polar surface area (TPSA) is 49.2 Å². The molecule has 1 N–H and O–H groups in total. The first kappa shape index (κ1) is 16.5. The zero-order valence-electron chi connectivity index (χ0n) is 13.2. The van der Waals surface area contributed by atoms with Crippen molar-refractivity contribution >= 4 is 5.82 Å². The zero-order chi connectivity index (χ0) is 16.6. The van der Waals surface area contributed by atoms with Gasteiger partial charge in [-0.1, -0.05) is 0 Å². The number of fused-ring (bicyclic) bond motifs is 1. The fraction of sp³-hybridized carbons (Fsp3) is 0.750. The van der Waals surface area contributed by atoms with Crippen molar-refractivity contribution in [3.05, 3.63) is 17.1 Å². The Bertz CT molecular complexity index is 568. The lowest BCUT2D eigenvalue weighted by molar-refractivity contribution is -0.221. The molecule has 0 bridgehead atoms. The van der Waals surface area contributed by atoms with Crippen LogP contribution in [0.5, 0.6) is 0 Å². The van der Waals surface area contributed by atoms with E-state index in [9.17, 15) is 18.3 Å². The number of nitrogens with zero attached hydrogens (tertiary/aromatic N) is 3. The van der Waals surface area contributed by atoms with E-state index in [-0.39, 0.29) is 0 Å². The van der Waals surface area contributed by atoms with Gasteiger partial charge in [0.05, 0.1) is 0 Å². The first-order chi connectivity index (χ1) is 10.9. The minimum Gasteiger partial charge on any atom is -0.383 e. The minimum absolute atomic E-state index is 0.332. The Labute approximate surface area is 133 Å². The van der Waals surface area contributed by atoms with Gasteiger partial charge in [0.1, 0.15) is 11.6 Å². The molecule has 1 aromatic heterocycles. The molecular formula is C16H22F3N3O. The molecule has 1 aliphatic carbocycles. The van der Waals surface area contributed by atoms with Crippen LogP contribution in [0, 0.1) is 12.8 Å². The van der Waals surface area contributed by atoms with Crippen molar-refractivity contribution in [3.63, 3.8) is 0 Å². The number of hydrogen-bond donors (Lipinski definition) is 1. The highest BCUT2D eigenvalue weighted by molar-refractivity contribution is 5.50. The summed E-state index contributed by atoms with van der Waals surface area (Å²) < 4.78 is 37.9. The van der Waals surface area contributed by atoms with Crippen molar-refractivity contribution in [2.75, 3.05) is 18.0 Å². The average Bonchev–Trinajstić information content (AvgIpc) is 2.52. The molecule has 0 saturated carbocycles. The predicted octanol–water partition coefficient (Wildman–Crippen LogP) is 2.80. The van der Waals surface area contributed by atoms with Crippen LogP contribution in [0.3, 0.4) is 0 Å². The zero-order valence-corrected chi connectivity index (χ0v) is 13.2. The monoisotopic (exact) mass is 329 g/mol. The van der Waals surface area contributed by atoms with E-state index in [1.807, 2.05) is 6.92 Å². The Morgan fingerprint density at radius 1 is 1.13 bits per heavy atom. The summed E-state index contributed by atoms with van der Waals surface area (Å²) >= 11 is 0. The van der Waals surface area contributed by atoms with Crippen molar-refractivity contribution in [2.45, 2.75) is 57.7 Å². The molecule has 0 radical (unpaired) electrons. The van der Waals surface area contributed by atoms with Gasteiger partial charge in [-0.2, -0.15) is 13.2 Å². The lowest BCUT2D eigenvalue weighted by Crippen LogP contribution is -2.44. The van der Waals surface area contributed by atoms with Crippen LogP contribution in [0.25, 0.3) is 0 Å². The Morgan fingerprint density at radius 3 is 2.43 bits per heavy atom. The maximum atomic E-state index is 12.6. The van der Waals surface area contributed by atoms with E-state index >= 15 is 0 Å². The van der Waals surface area contributed by atoms with Crippen LogP contribution in [-0.4, -0.2) is 40.4 Å². The van der Waals surface area contributed by atoms with E-state index < -0.39 is 18.2 Å². The summed E-state index contributed by atoms with van der Waals surface area (Å²) in [7, 11) is 0. The standard InChI is InChI=1S/C16H22F3N3O/c1-10-20-13-5-3-2-4-12(13)15(21-10)22-8-6-11(7-9-22)14(23)16(17,18)19/h11,14,23H,2-9H2,1H3. The predicted molar refractivity (Wildman–Crippen MR) is 80.4 cm³/mol. The fourth-order valence-corrected chi connectivity index (χ4v) is 3.65. The van der Waals surface area contributed by atoms with E-state index in [4.69, 9.17) is 0 Å². The average molecular weight is 329 g/mol. The first-order valence-electron chi connectivity index (χ1n) is 8.22. The van der Waals surface area contributed by atoms with Gasteiger partial charge in [0.25, 0.3) is 0 Å². The van der Waals surface area contributed by atoms with Gasteiger partial charge in [0.15, 0.2) is 6.10 Å². The van der Waals surface area contributed by atoms with Gasteiger partial charge in [0, 0.05) is 24.3 Å². The van der Waals surface area contributed by atoms with E-state index in [0.29, 0.717) is 25.9 Å². The second-order valence-electron chi connectivity index (χ2n) is 6.54. The Balaban J connectivity index is 1.74. The molecule has 1 saturated heterocycles. The minimum atomic E-state index is -4.53. The number of piperidine rings is 1. The highest BCUT2D eigenvalue weighted by atomic mass is 19.4. The molecule has 2 heterocycles. The van der Waals surface area contributed by atoms with Crippen molar-refractivity contribution in [1.82, 2.24) is 9.97 Å². The molecule has 1 aliphatic heterocycles. The molecule has 3 rings (SSSR count). The largest absolute Gasteiger partial charge is 0.414 e. The van der Waals surface area contributed by atoms with Gasteiger partial charge >= 0.3 is 6.18 Å². The smallest absolute Gasteiger partial charge is 0.383 e. The Hall–Kier alpha value is -1.37. The molecule has 7 heteroatoms. The third-order valence-electron chi connectivity index (χ3n) is 4.89. The molecule has 2 aliphatic rings. The van der Waals surface area contributed by atoms with Gasteiger partial charge in [-0.15, -0.1) is 0 Å². The number of alkyl halides is 3. The van der Waals surface area contributed by atoms with E-state index in [2.05, 4.69) is 14.9 Å². The van der Waals surface area contributed by atoms with Crippen LogP contribution in [0.4, 0.5) is 19.0 Å². The second kappa shape index (κ2) is 6.26. The second-order valence-corrected chi connectivity index (χ2v) is 6.54. The van der Waals surface area contributed by atoms with Crippen molar-refractivity contribution < 1.29 is 18.3 Å². The van der Waals surface area contributed by atoms with Crippen molar-refractivity contribution in [3.8, 4) is 0 Å². The number of aryl methyl sites for hydroxylation is 2. The van der Waals surface area contributed by atoms with Crippen molar-refractivity contribution in [2.24, 2.45) is 5.92 Å². The SMILES string of the molecule is Cc1nc2c(c(N3CCC(C(O)C(F)(F)F)CC3)n1)CCCC2. The van der Waals surface area contributed by atoms with Crippen LogP contribution in [0.15, 0.2) is 0 Å². The van der Waals surface area contributed by atoms with E-state index in [1.165, 1.54) is 0 Å². The maximum absolute atomic E-state index is 12.6. The number of rotatable bonds is 2. The molecule has 1 fully saturated rings. The molecule has 0 spiro atoms. The summed E-state index contributed by atoms with van der Waals surface area (Å²) in [5.41, 5.74) is 2.26. The highest BCUT2D eigenvalue weighted by Gasteiger charge is 2.44. The molecule has 1 atom stereocenters. The van der Waals surface area contributed by atoms with E-state index in [1.54, 1.807) is 0 Å². The lowest BCUT2D eigenvalue weighted by Gasteiger charge is -2.36. The molecule has 23 heavy (non-hydrogen) atoms. The summed E-state index contributed by atoms with van der Waals surface area (Å²) in [5, 5.41) is 9.43. The summed E-state index contributed by atoms with van der Waals surface area (Å²) in [6, 6.07) is 0. The van der Waals surface area contributed by atoms with Gasteiger partial charge in [-0.25, -0.2) is 9.97 Å². The summed E-state index contributed by atoms with van der Waals surface area (Å²) in [4.78, 5) is 11.1. The maximum Gasteiger partial charge on any atom is 0.414 e. The number of anilines is 1. The molecule has 0 amide bonds. The summed E-state index contributed by atoms with van der Waals surface area (Å²) in [6.45, 7) is 2.86. The van der Waals surface area contributed by atoms with Gasteiger partial charge in [-0.3, -0.25) is 0 Å². The number of aromatic nitrogens is 2. The molecule has 128 valence electrons. The number of hydrogen-bond acceptors (Lipinski definition) is 4. The van der Waals surface area contributed by atoms with E-state index in [0.717, 1.165) is 48.6 Å². The third kappa shape index (κ3) is 3.44. The summed E-state index contributed by atoms with van der Waals surface area (Å²) in [6.07, 6.45) is -1.96. The quantitative estimate of drug-likeness (QED) is 0.906. The lowest BCUT2D eigenvalue weighted by atomic mass is 9.90. The van der Waals surface area contributed by atoms with Crippen LogP contribution in [0.2, 0.25) is 0 Å². The van der Waals surface area contributed by atoms with Gasteiger partial charge in [0.2, 0.25) is 0 Å². The van der Waals surface area contributed by atoms with Crippen LogP contribution >= 0.6 is 0 Å². The van der Waals surface area contributed by atoms with Gasteiger partial charge < -0.3 is 10.0 Å². The number of aliphatic hydroxyl groups excluding tert-OH is 1. The van der Waals surface area contributed by atoms with Gasteiger partial charge in [-0.05, 0) is 51.4 Å². The van der Waals surface area contributed by atoms with Crippen LogP contribution in [0.1, 0.15) is 42.8 Å². The molecule has 1 aromatic rings.